The van der Waals surface area contributed by atoms with Crippen molar-refractivity contribution in [1.82, 2.24) is 4.57 Å². The van der Waals surface area contributed by atoms with Gasteiger partial charge in [-0.2, -0.15) is 0 Å². The molecule has 4 rings (SSSR count). The van der Waals surface area contributed by atoms with Crippen molar-refractivity contribution in [2.24, 2.45) is 0 Å². The number of hydrogen-bond donors (Lipinski definition) is 2. The fourth-order valence-electron chi connectivity index (χ4n) is 3.39. The van der Waals surface area contributed by atoms with Gasteiger partial charge in [0, 0.05) is 23.1 Å². The van der Waals surface area contributed by atoms with Gasteiger partial charge in [-0.15, -0.1) is 0 Å². The topological polar surface area (TPSA) is 72.4 Å². The molecule has 1 aliphatic carbocycles. The van der Waals surface area contributed by atoms with E-state index < -0.39 is 6.10 Å². The zero-order chi connectivity index (χ0) is 17.7. The molecule has 0 unspecified atom stereocenters. The van der Waals surface area contributed by atoms with E-state index in [0.717, 1.165) is 11.4 Å². The Kier molecular flexibility index (Phi) is 3.56. The third-order valence-electron chi connectivity index (χ3n) is 4.81. The van der Waals surface area contributed by atoms with E-state index in [4.69, 9.17) is 4.74 Å². The Hall–Kier alpha value is -2.76. The van der Waals surface area contributed by atoms with Gasteiger partial charge in [0.05, 0.1) is 11.3 Å². The minimum Gasteiger partial charge on any atom is -0.479 e. The van der Waals surface area contributed by atoms with Gasteiger partial charge in [0.25, 0.3) is 11.8 Å². The number of aromatic nitrogens is 1. The summed E-state index contributed by atoms with van der Waals surface area (Å²) in [6, 6.07) is 7.74. The van der Waals surface area contributed by atoms with E-state index in [-0.39, 0.29) is 11.8 Å². The van der Waals surface area contributed by atoms with Gasteiger partial charge in [0.1, 0.15) is 5.75 Å². The smallest absolute Gasteiger partial charge is 0.265 e. The lowest BCUT2D eigenvalue weighted by Crippen LogP contribution is -2.34. The molecule has 130 valence electrons. The van der Waals surface area contributed by atoms with Crippen molar-refractivity contribution in [2.75, 3.05) is 10.6 Å². The number of nitrogens with zero attached hydrogens (tertiary/aromatic N) is 1. The second-order valence-electron chi connectivity index (χ2n) is 6.80. The van der Waals surface area contributed by atoms with Crippen LogP contribution in [0.3, 0.4) is 0 Å². The Morgan fingerprint density at radius 3 is 2.76 bits per heavy atom. The number of nitrogens with one attached hydrogen (secondary N) is 2. The lowest BCUT2D eigenvalue weighted by atomic mass is 10.2. The number of anilines is 2. The molecule has 1 fully saturated rings. The van der Waals surface area contributed by atoms with E-state index in [0.29, 0.717) is 28.7 Å². The first-order valence-electron chi connectivity index (χ1n) is 8.55. The molecule has 2 aromatic rings. The molecule has 0 radical (unpaired) electrons. The second kappa shape index (κ2) is 5.65. The third kappa shape index (κ3) is 2.77. The maximum absolute atomic E-state index is 12.7. The summed E-state index contributed by atoms with van der Waals surface area (Å²) in [7, 11) is 0. The molecule has 2 heterocycles. The molecule has 6 heteroatoms. The highest BCUT2D eigenvalue weighted by Crippen LogP contribution is 2.38. The molecule has 1 saturated carbocycles. The van der Waals surface area contributed by atoms with E-state index in [1.54, 1.807) is 25.1 Å². The van der Waals surface area contributed by atoms with Crippen molar-refractivity contribution >= 4 is 23.2 Å². The molecular formula is C19H21N3O3. The fourth-order valence-corrected chi connectivity index (χ4v) is 3.39. The maximum atomic E-state index is 12.7. The summed E-state index contributed by atoms with van der Waals surface area (Å²) in [6.07, 6.45) is 1.85. The molecule has 1 aromatic heterocycles. The standard InChI is InChI=1S/C19H21N3O3/c1-10-8-15(11(2)22(10)14-5-6-14)19(24)20-13-4-7-17-16(9-13)21-18(23)12(3)25-17/h4,7-9,12,14H,5-6H2,1-3H3,(H,20,24)(H,21,23)/t12-/m0/s1. The molecule has 2 aliphatic rings. The van der Waals surface area contributed by atoms with Gasteiger partial charge in [-0.25, -0.2) is 0 Å². The van der Waals surface area contributed by atoms with E-state index in [9.17, 15) is 9.59 Å². The van der Waals surface area contributed by atoms with Crippen LogP contribution in [0.1, 0.15) is 47.6 Å². The minimum absolute atomic E-state index is 0.142. The zero-order valence-electron chi connectivity index (χ0n) is 14.6. The van der Waals surface area contributed by atoms with Gasteiger partial charge in [0.2, 0.25) is 0 Å². The molecule has 0 saturated heterocycles. The summed E-state index contributed by atoms with van der Waals surface area (Å²) in [6.45, 7) is 5.72. The Balaban J connectivity index is 1.57. The molecule has 1 aromatic carbocycles. The summed E-state index contributed by atoms with van der Waals surface area (Å²) < 4.78 is 7.78. The summed E-state index contributed by atoms with van der Waals surface area (Å²) in [5.41, 5.74) is 4.00. The van der Waals surface area contributed by atoms with Crippen molar-refractivity contribution in [3.63, 3.8) is 0 Å². The molecule has 2 N–H and O–H groups in total. The second-order valence-corrected chi connectivity index (χ2v) is 6.80. The molecule has 1 atom stereocenters. The Morgan fingerprint density at radius 1 is 1.28 bits per heavy atom. The highest BCUT2D eigenvalue weighted by molar-refractivity contribution is 6.06. The molecule has 0 spiro atoms. The third-order valence-corrected chi connectivity index (χ3v) is 4.81. The van der Waals surface area contributed by atoms with Gasteiger partial charge >= 0.3 is 0 Å². The van der Waals surface area contributed by atoms with Gasteiger partial charge < -0.3 is 19.9 Å². The first-order valence-corrected chi connectivity index (χ1v) is 8.55. The summed E-state index contributed by atoms with van der Waals surface area (Å²) in [5.74, 6) is 0.275. The fraction of sp³-hybridized carbons (Fsp3) is 0.368. The van der Waals surface area contributed by atoms with Crippen molar-refractivity contribution < 1.29 is 14.3 Å². The monoisotopic (exact) mass is 339 g/mol. The van der Waals surface area contributed by atoms with Crippen LogP contribution in [0.2, 0.25) is 0 Å². The summed E-state index contributed by atoms with van der Waals surface area (Å²) in [4.78, 5) is 24.4. The van der Waals surface area contributed by atoms with Crippen molar-refractivity contribution in [2.45, 2.75) is 45.8 Å². The summed E-state index contributed by atoms with van der Waals surface area (Å²) >= 11 is 0. The van der Waals surface area contributed by atoms with Gasteiger partial charge in [-0.05, 0) is 57.9 Å². The number of aryl methyl sites for hydroxylation is 1. The van der Waals surface area contributed by atoms with Crippen LogP contribution in [0.5, 0.6) is 5.75 Å². The van der Waals surface area contributed by atoms with Gasteiger partial charge in [-0.3, -0.25) is 9.59 Å². The van der Waals surface area contributed by atoms with E-state index in [1.165, 1.54) is 12.8 Å². The first kappa shape index (κ1) is 15.7. The van der Waals surface area contributed by atoms with Crippen LogP contribution in [0, 0.1) is 13.8 Å². The van der Waals surface area contributed by atoms with Crippen LogP contribution in [-0.4, -0.2) is 22.5 Å². The average Bonchev–Trinajstić information content (AvgIpc) is 3.34. The van der Waals surface area contributed by atoms with Gasteiger partial charge in [0.15, 0.2) is 6.10 Å². The number of fused-ring (bicyclic) bond motifs is 1. The number of carbonyl (C=O) groups excluding carboxylic acids is 2. The van der Waals surface area contributed by atoms with Crippen LogP contribution in [0.15, 0.2) is 24.3 Å². The first-order chi connectivity index (χ1) is 11.9. The van der Waals surface area contributed by atoms with Crippen molar-refractivity contribution in [3.05, 3.63) is 41.2 Å². The number of amides is 2. The van der Waals surface area contributed by atoms with E-state index >= 15 is 0 Å². The minimum atomic E-state index is -0.513. The molecule has 6 nitrogen and oxygen atoms in total. The van der Waals surface area contributed by atoms with Crippen LogP contribution in [-0.2, 0) is 4.79 Å². The van der Waals surface area contributed by atoms with E-state index in [1.807, 2.05) is 19.9 Å². The quantitative estimate of drug-likeness (QED) is 0.900. The number of ether oxygens (including phenoxy) is 1. The summed E-state index contributed by atoms with van der Waals surface area (Å²) in [5, 5.41) is 5.71. The Morgan fingerprint density at radius 2 is 2.04 bits per heavy atom. The van der Waals surface area contributed by atoms with Crippen LogP contribution < -0.4 is 15.4 Å². The van der Waals surface area contributed by atoms with Crippen LogP contribution in [0.4, 0.5) is 11.4 Å². The zero-order valence-corrected chi connectivity index (χ0v) is 14.6. The maximum Gasteiger partial charge on any atom is 0.265 e. The Labute approximate surface area is 146 Å². The highest BCUT2D eigenvalue weighted by Gasteiger charge is 2.28. The predicted octanol–water partition coefficient (Wildman–Crippen LogP) is 3.41. The Bertz CT molecular complexity index is 880. The number of rotatable bonds is 3. The molecule has 2 amide bonds. The van der Waals surface area contributed by atoms with Crippen LogP contribution >= 0.6 is 0 Å². The normalized spacial score (nSPS) is 19.0. The number of hydrogen-bond acceptors (Lipinski definition) is 3. The number of benzene rings is 1. The number of carbonyl (C=O) groups is 2. The molecule has 0 bridgehead atoms. The SMILES string of the molecule is Cc1cc(C(=O)Nc2ccc3c(c2)NC(=O)[C@H](C)O3)c(C)n1C1CC1. The lowest BCUT2D eigenvalue weighted by Gasteiger charge is -2.23. The molecule has 25 heavy (non-hydrogen) atoms. The average molecular weight is 339 g/mol. The highest BCUT2D eigenvalue weighted by atomic mass is 16.5. The van der Waals surface area contributed by atoms with Crippen LogP contribution in [0.25, 0.3) is 0 Å². The van der Waals surface area contributed by atoms with Crippen molar-refractivity contribution in [3.8, 4) is 5.75 Å². The lowest BCUT2D eigenvalue weighted by molar-refractivity contribution is -0.122. The molecular weight excluding hydrogens is 318 g/mol. The van der Waals surface area contributed by atoms with E-state index in [2.05, 4.69) is 15.2 Å². The van der Waals surface area contributed by atoms with Crippen molar-refractivity contribution in [1.29, 1.82) is 0 Å². The predicted molar refractivity (Wildman–Crippen MR) is 95.3 cm³/mol. The van der Waals surface area contributed by atoms with Gasteiger partial charge in [-0.1, -0.05) is 0 Å². The molecule has 1 aliphatic heterocycles. The largest absolute Gasteiger partial charge is 0.479 e.